The smallest absolute Gasteiger partial charge is 0.282 e. The molecule has 1 aliphatic heterocycles. The van der Waals surface area contributed by atoms with E-state index in [-0.39, 0.29) is 27.0 Å². The third kappa shape index (κ3) is 3.85. The first-order valence-corrected chi connectivity index (χ1v) is 10.6. The Hall–Kier alpha value is -3.28. The standard InChI is InChI=1S/C25H20Cl2N2O3/c1-14-7-10-16(11-8-14)21-23(28-18-13-15(2)9-12-20(18)32-3)25(31)29(24(21)30)19-6-4-5-17(26)22(19)27/h4-13,28H,1-3H3. The monoisotopic (exact) mass is 466 g/mol. The molecule has 0 radical (unpaired) electrons. The van der Waals surface area contributed by atoms with E-state index in [1.807, 2.05) is 50.2 Å². The quantitative estimate of drug-likeness (QED) is 0.467. The number of hydrogen-bond donors (Lipinski definition) is 1. The number of methoxy groups -OCH3 is 1. The van der Waals surface area contributed by atoms with Gasteiger partial charge in [-0.1, -0.05) is 65.2 Å². The highest BCUT2D eigenvalue weighted by molar-refractivity contribution is 6.50. The van der Waals surface area contributed by atoms with Gasteiger partial charge in [0.25, 0.3) is 11.8 Å². The number of rotatable bonds is 5. The van der Waals surface area contributed by atoms with E-state index in [4.69, 9.17) is 27.9 Å². The summed E-state index contributed by atoms with van der Waals surface area (Å²) in [4.78, 5) is 28.2. The van der Waals surface area contributed by atoms with Gasteiger partial charge in [0, 0.05) is 0 Å². The molecule has 2 amide bonds. The van der Waals surface area contributed by atoms with Crippen molar-refractivity contribution in [3.8, 4) is 5.75 Å². The van der Waals surface area contributed by atoms with Crippen molar-refractivity contribution in [1.82, 2.24) is 0 Å². The summed E-state index contributed by atoms with van der Waals surface area (Å²) in [5, 5.41) is 3.53. The van der Waals surface area contributed by atoms with Gasteiger partial charge in [0.1, 0.15) is 11.4 Å². The summed E-state index contributed by atoms with van der Waals surface area (Å²) in [7, 11) is 1.55. The molecule has 0 aromatic heterocycles. The number of benzene rings is 3. The van der Waals surface area contributed by atoms with Crippen LogP contribution in [0.2, 0.25) is 10.0 Å². The molecule has 0 spiro atoms. The number of anilines is 2. The van der Waals surface area contributed by atoms with Gasteiger partial charge in [-0.15, -0.1) is 0 Å². The number of hydrogen-bond acceptors (Lipinski definition) is 4. The highest BCUT2D eigenvalue weighted by Crippen LogP contribution is 2.40. The van der Waals surface area contributed by atoms with Gasteiger partial charge in [-0.05, 0) is 49.2 Å². The van der Waals surface area contributed by atoms with Crippen molar-refractivity contribution < 1.29 is 14.3 Å². The molecule has 0 saturated carbocycles. The average molecular weight is 467 g/mol. The summed E-state index contributed by atoms with van der Waals surface area (Å²) in [6, 6.07) is 17.8. The van der Waals surface area contributed by atoms with Crippen LogP contribution in [-0.2, 0) is 9.59 Å². The Labute approximate surface area is 196 Å². The third-order valence-corrected chi connectivity index (χ3v) is 6.02. The van der Waals surface area contributed by atoms with Gasteiger partial charge in [-0.3, -0.25) is 9.59 Å². The van der Waals surface area contributed by atoms with Crippen LogP contribution in [0, 0.1) is 13.8 Å². The molecular formula is C25H20Cl2N2O3. The third-order valence-electron chi connectivity index (χ3n) is 5.21. The molecule has 3 aromatic carbocycles. The second-order valence-corrected chi connectivity index (χ2v) is 8.25. The Morgan fingerprint density at radius 1 is 0.875 bits per heavy atom. The summed E-state index contributed by atoms with van der Waals surface area (Å²) in [5.74, 6) is -0.471. The predicted octanol–water partition coefficient (Wildman–Crippen LogP) is 6.02. The Balaban J connectivity index is 1.88. The highest BCUT2D eigenvalue weighted by atomic mass is 35.5. The molecule has 0 atom stereocenters. The van der Waals surface area contributed by atoms with E-state index >= 15 is 0 Å². The Bertz CT molecular complexity index is 1270. The lowest BCUT2D eigenvalue weighted by Crippen LogP contribution is -2.32. The number of nitrogens with one attached hydrogen (secondary N) is 1. The van der Waals surface area contributed by atoms with Crippen LogP contribution in [0.25, 0.3) is 5.57 Å². The lowest BCUT2D eigenvalue weighted by molar-refractivity contribution is -0.120. The Morgan fingerprint density at radius 2 is 1.56 bits per heavy atom. The van der Waals surface area contributed by atoms with Gasteiger partial charge >= 0.3 is 0 Å². The van der Waals surface area contributed by atoms with Crippen molar-refractivity contribution in [2.45, 2.75) is 13.8 Å². The van der Waals surface area contributed by atoms with Crippen molar-refractivity contribution in [3.63, 3.8) is 0 Å². The molecule has 162 valence electrons. The van der Waals surface area contributed by atoms with Gasteiger partial charge in [-0.25, -0.2) is 4.90 Å². The number of ether oxygens (including phenoxy) is 1. The summed E-state index contributed by atoms with van der Waals surface area (Å²) >= 11 is 12.5. The summed E-state index contributed by atoms with van der Waals surface area (Å²) < 4.78 is 5.44. The molecule has 1 aliphatic rings. The van der Waals surface area contributed by atoms with Crippen LogP contribution in [0.15, 0.2) is 66.4 Å². The van der Waals surface area contributed by atoms with Gasteiger partial charge in [0.2, 0.25) is 0 Å². The maximum absolute atomic E-state index is 13.6. The van der Waals surface area contributed by atoms with Crippen molar-refractivity contribution in [3.05, 3.63) is 93.1 Å². The van der Waals surface area contributed by atoms with Crippen molar-refractivity contribution in [2.24, 2.45) is 0 Å². The topological polar surface area (TPSA) is 58.6 Å². The van der Waals surface area contributed by atoms with E-state index in [0.717, 1.165) is 16.0 Å². The lowest BCUT2D eigenvalue weighted by atomic mass is 10.0. The fourth-order valence-corrected chi connectivity index (χ4v) is 3.95. The fraction of sp³-hybridized carbons (Fsp3) is 0.120. The molecule has 0 unspecified atom stereocenters. The minimum absolute atomic E-state index is 0.133. The van der Waals surface area contributed by atoms with Gasteiger partial charge in [0.05, 0.1) is 34.1 Å². The second-order valence-electron chi connectivity index (χ2n) is 7.46. The molecule has 0 fully saturated rings. The zero-order valence-corrected chi connectivity index (χ0v) is 19.2. The Kier molecular flexibility index (Phi) is 5.96. The van der Waals surface area contributed by atoms with Crippen molar-refractivity contribution >= 4 is 52.0 Å². The number of nitrogens with zero attached hydrogens (tertiary/aromatic N) is 1. The molecule has 32 heavy (non-hydrogen) atoms. The van der Waals surface area contributed by atoms with Gasteiger partial charge in [0.15, 0.2) is 0 Å². The number of carbonyl (C=O) groups excluding carboxylic acids is 2. The van der Waals surface area contributed by atoms with E-state index in [1.54, 1.807) is 31.4 Å². The van der Waals surface area contributed by atoms with E-state index in [2.05, 4.69) is 5.32 Å². The second kappa shape index (κ2) is 8.69. The van der Waals surface area contributed by atoms with Crippen LogP contribution in [0.3, 0.4) is 0 Å². The number of imide groups is 1. The molecule has 0 bridgehead atoms. The van der Waals surface area contributed by atoms with Crippen LogP contribution >= 0.6 is 23.2 Å². The van der Waals surface area contributed by atoms with Crippen molar-refractivity contribution in [2.75, 3.05) is 17.3 Å². The SMILES string of the molecule is COc1ccc(C)cc1NC1=C(c2ccc(C)cc2)C(=O)N(c2cccc(Cl)c2Cl)C1=O. The molecule has 4 rings (SSSR count). The minimum Gasteiger partial charge on any atom is -0.495 e. The number of halogens is 2. The Morgan fingerprint density at radius 3 is 2.25 bits per heavy atom. The van der Waals surface area contributed by atoms with Crippen LogP contribution in [-0.4, -0.2) is 18.9 Å². The predicted molar refractivity (Wildman–Crippen MR) is 128 cm³/mol. The van der Waals surface area contributed by atoms with Gasteiger partial charge in [-0.2, -0.15) is 0 Å². The first kappa shape index (κ1) is 21.9. The van der Waals surface area contributed by atoms with E-state index in [9.17, 15) is 9.59 Å². The summed E-state index contributed by atoms with van der Waals surface area (Å²) in [6.07, 6.45) is 0. The van der Waals surface area contributed by atoms with E-state index < -0.39 is 11.8 Å². The number of amides is 2. The van der Waals surface area contributed by atoms with E-state index in [1.165, 1.54) is 0 Å². The number of aryl methyl sites for hydroxylation is 2. The highest BCUT2D eigenvalue weighted by Gasteiger charge is 2.41. The molecule has 0 aliphatic carbocycles. The molecule has 1 heterocycles. The first-order chi connectivity index (χ1) is 15.3. The van der Waals surface area contributed by atoms with E-state index in [0.29, 0.717) is 17.0 Å². The first-order valence-electron chi connectivity index (χ1n) is 9.87. The zero-order valence-electron chi connectivity index (χ0n) is 17.7. The molecule has 3 aromatic rings. The molecule has 7 heteroatoms. The zero-order chi connectivity index (χ0) is 23.0. The van der Waals surface area contributed by atoms with Crippen LogP contribution in [0.1, 0.15) is 16.7 Å². The summed E-state index contributed by atoms with van der Waals surface area (Å²) in [5.41, 5.74) is 3.81. The largest absolute Gasteiger partial charge is 0.495 e. The fourth-order valence-electron chi connectivity index (χ4n) is 3.57. The number of carbonyl (C=O) groups is 2. The van der Waals surface area contributed by atoms with Gasteiger partial charge < -0.3 is 10.1 Å². The molecule has 1 N–H and O–H groups in total. The average Bonchev–Trinajstić information content (AvgIpc) is 3.01. The minimum atomic E-state index is -0.529. The molecular weight excluding hydrogens is 447 g/mol. The normalized spacial score (nSPS) is 13.7. The van der Waals surface area contributed by atoms with Crippen LogP contribution in [0.5, 0.6) is 5.75 Å². The maximum atomic E-state index is 13.6. The molecule has 0 saturated heterocycles. The molecule has 5 nitrogen and oxygen atoms in total. The lowest BCUT2D eigenvalue weighted by Gasteiger charge is -2.18. The maximum Gasteiger partial charge on any atom is 0.282 e. The van der Waals surface area contributed by atoms with Crippen molar-refractivity contribution in [1.29, 1.82) is 0 Å². The van der Waals surface area contributed by atoms with Crippen LogP contribution in [0.4, 0.5) is 11.4 Å². The summed E-state index contributed by atoms with van der Waals surface area (Å²) in [6.45, 7) is 3.88. The van der Waals surface area contributed by atoms with Crippen LogP contribution < -0.4 is 15.0 Å².